The van der Waals surface area contributed by atoms with Gasteiger partial charge in [-0.1, -0.05) is 23.7 Å². The lowest BCUT2D eigenvalue weighted by atomic mass is 10.1. The lowest BCUT2D eigenvalue weighted by Gasteiger charge is -2.33. The largest absolute Gasteiger partial charge is 0.481 e. The predicted molar refractivity (Wildman–Crippen MR) is 82.0 cm³/mol. The molecule has 0 aliphatic carbocycles. The highest BCUT2D eigenvalue weighted by atomic mass is 35.5. The van der Waals surface area contributed by atoms with E-state index in [9.17, 15) is 9.59 Å². The maximum atomic E-state index is 12.1. The summed E-state index contributed by atoms with van der Waals surface area (Å²) in [6.45, 7) is 1.81. The van der Waals surface area contributed by atoms with Crippen molar-refractivity contribution in [2.24, 2.45) is 0 Å². The van der Waals surface area contributed by atoms with E-state index in [4.69, 9.17) is 21.4 Å². The van der Waals surface area contributed by atoms with Gasteiger partial charge in [-0.3, -0.25) is 4.79 Å². The van der Waals surface area contributed by atoms with Gasteiger partial charge < -0.3 is 20.1 Å². The number of hydrogen-bond acceptors (Lipinski definition) is 3. The summed E-state index contributed by atoms with van der Waals surface area (Å²) < 4.78 is 5.70. The molecule has 22 heavy (non-hydrogen) atoms. The highest BCUT2D eigenvalue weighted by molar-refractivity contribution is 6.30. The molecule has 6 nitrogen and oxygen atoms in total. The van der Waals surface area contributed by atoms with Gasteiger partial charge in [0.05, 0.1) is 13.2 Å². The van der Waals surface area contributed by atoms with E-state index < -0.39 is 5.97 Å². The van der Waals surface area contributed by atoms with Crippen LogP contribution < -0.4 is 5.32 Å². The van der Waals surface area contributed by atoms with Gasteiger partial charge in [0.15, 0.2) is 0 Å². The zero-order valence-corrected chi connectivity index (χ0v) is 12.9. The van der Waals surface area contributed by atoms with Crippen molar-refractivity contribution in [1.29, 1.82) is 0 Å². The van der Waals surface area contributed by atoms with Crippen molar-refractivity contribution in [3.8, 4) is 0 Å². The number of carbonyl (C=O) groups is 2. The Bertz CT molecular complexity index is 521. The van der Waals surface area contributed by atoms with E-state index in [2.05, 4.69) is 5.32 Å². The molecule has 0 bridgehead atoms. The van der Waals surface area contributed by atoms with Gasteiger partial charge in [-0.15, -0.1) is 0 Å². The number of halogens is 1. The van der Waals surface area contributed by atoms with Crippen LogP contribution in [0.25, 0.3) is 0 Å². The van der Waals surface area contributed by atoms with Crippen LogP contribution in [0.4, 0.5) is 4.79 Å². The van der Waals surface area contributed by atoms with Crippen LogP contribution in [0.5, 0.6) is 0 Å². The second-order valence-electron chi connectivity index (χ2n) is 5.09. The van der Waals surface area contributed by atoms with E-state index in [0.717, 1.165) is 5.56 Å². The molecule has 120 valence electrons. The van der Waals surface area contributed by atoms with Crippen molar-refractivity contribution >= 4 is 23.6 Å². The summed E-state index contributed by atoms with van der Waals surface area (Å²) in [6, 6.07) is 7.19. The summed E-state index contributed by atoms with van der Waals surface area (Å²) in [4.78, 5) is 24.2. The molecule has 0 saturated carbocycles. The summed E-state index contributed by atoms with van der Waals surface area (Å²) >= 11 is 5.87. The van der Waals surface area contributed by atoms with Crippen LogP contribution in [0, 0.1) is 0 Å². The molecule has 1 aromatic carbocycles. The maximum Gasteiger partial charge on any atom is 0.317 e. The normalized spacial score (nSPS) is 18.0. The molecule has 1 fully saturated rings. The lowest BCUT2D eigenvalue weighted by Crippen LogP contribution is -2.47. The fraction of sp³-hybridized carbons (Fsp3) is 0.467. The molecule has 1 atom stereocenters. The summed E-state index contributed by atoms with van der Waals surface area (Å²) in [5.41, 5.74) is 0.979. The fourth-order valence-corrected chi connectivity index (χ4v) is 2.39. The van der Waals surface area contributed by atoms with Crippen molar-refractivity contribution in [3.63, 3.8) is 0 Å². The highest BCUT2D eigenvalue weighted by Gasteiger charge is 2.25. The van der Waals surface area contributed by atoms with Crippen molar-refractivity contribution in [3.05, 3.63) is 34.9 Å². The van der Waals surface area contributed by atoms with Crippen LogP contribution in [0.2, 0.25) is 5.02 Å². The zero-order chi connectivity index (χ0) is 15.9. The molecular formula is C15H19ClN2O4. The quantitative estimate of drug-likeness (QED) is 0.814. The molecule has 1 saturated heterocycles. The number of carboxylic acid groups (broad SMARTS) is 1. The van der Waals surface area contributed by atoms with Gasteiger partial charge in [0.1, 0.15) is 6.10 Å². The van der Waals surface area contributed by atoms with Crippen LogP contribution in [0.15, 0.2) is 24.3 Å². The number of morpholine rings is 1. The third-order valence-corrected chi connectivity index (χ3v) is 3.69. The Balaban J connectivity index is 1.83. The molecule has 0 unspecified atom stereocenters. The first-order chi connectivity index (χ1) is 10.6. The fourth-order valence-electron chi connectivity index (χ4n) is 2.26. The number of carbonyl (C=O) groups excluding carboxylic acids is 1. The molecule has 0 radical (unpaired) electrons. The molecule has 2 N–H and O–H groups in total. The highest BCUT2D eigenvalue weighted by Crippen LogP contribution is 2.23. The SMILES string of the molecule is O=C(O)CCCNC(=O)N1CCO[C@H](c2ccc(Cl)cc2)C1. The molecule has 0 aromatic heterocycles. The number of carboxylic acids is 1. The molecule has 1 aliphatic rings. The van der Waals surface area contributed by atoms with Crippen LogP contribution in [0.3, 0.4) is 0 Å². The van der Waals surface area contributed by atoms with Gasteiger partial charge in [0, 0.05) is 24.5 Å². The number of ether oxygens (including phenoxy) is 1. The Hall–Kier alpha value is -1.79. The number of aliphatic carboxylic acids is 1. The summed E-state index contributed by atoms with van der Waals surface area (Å²) in [7, 11) is 0. The number of urea groups is 1. The van der Waals surface area contributed by atoms with E-state index in [1.54, 1.807) is 17.0 Å². The summed E-state index contributed by atoms with van der Waals surface area (Å²) in [6.07, 6.45) is 0.304. The molecule has 0 spiro atoms. The third-order valence-electron chi connectivity index (χ3n) is 3.44. The number of benzene rings is 1. The van der Waals surface area contributed by atoms with E-state index >= 15 is 0 Å². The Labute approximate surface area is 134 Å². The molecule has 1 aliphatic heterocycles. The molecule has 1 aromatic rings. The van der Waals surface area contributed by atoms with Gasteiger partial charge >= 0.3 is 12.0 Å². The van der Waals surface area contributed by atoms with E-state index in [0.29, 0.717) is 37.7 Å². The average Bonchev–Trinajstić information content (AvgIpc) is 2.52. The Kier molecular flexibility index (Phi) is 6.03. The second-order valence-corrected chi connectivity index (χ2v) is 5.52. The molecule has 2 amide bonds. The molecule has 7 heteroatoms. The van der Waals surface area contributed by atoms with Gasteiger partial charge in [0.25, 0.3) is 0 Å². The van der Waals surface area contributed by atoms with Crippen LogP contribution >= 0.6 is 11.6 Å². The third kappa shape index (κ3) is 4.89. The van der Waals surface area contributed by atoms with Gasteiger partial charge in [-0.2, -0.15) is 0 Å². The first-order valence-electron chi connectivity index (χ1n) is 7.18. The minimum atomic E-state index is -0.858. The molecule has 2 rings (SSSR count). The summed E-state index contributed by atoms with van der Waals surface area (Å²) in [5.74, 6) is -0.858. The summed E-state index contributed by atoms with van der Waals surface area (Å²) in [5, 5.41) is 12.0. The predicted octanol–water partition coefficient (Wildman–Crippen LogP) is 2.29. The molecular weight excluding hydrogens is 308 g/mol. The van der Waals surface area contributed by atoms with E-state index in [-0.39, 0.29) is 18.6 Å². The first kappa shape index (κ1) is 16.6. The van der Waals surface area contributed by atoms with Crippen LogP contribution in [-0.4, -0.2) is 48.2 Å². The van der Waals surface area contributed by atoms with Crippen molar-refractivity contribution in [2.75, 3.05) is 26.2 Å². The van der Waals surface area contributed by atoms with Crippen molar-refractivity contribution in [1.82, 2.24) is 10.2 Å². The maximum absolute atomic E-state index is 12.1. The Morgan fingerprint density at radius 3 is 2.77 bits per heavy atom. The number of nitrogens with one attached hydrogen (secondary N) is 1. The Morgan fingerprint density at radius 1 is 1.36 bits per heavy atom. The number of hydrogen-bond donors (Lipinski definition) is 2. The zero-order valence-electron chi connectivity index (χ0n) is 12.1. The van der Waals surface area contributed by atoms with Crippen molar-refractivity contribution in [2.45, 2.75) is 18.9 Å². The number of rotatable bonds is 5. The van der Waals surface area contributed by atoms with Gasteiger partial charge in [-0.05, 0) is 24.1 Å². The Morgan fingerprint density at radius 2 is 2.09 bits per heavy atom. The van der Waals surface area contributed by atoms with Crippen LogP contribution in [-0.2, 0) is 9.53 Å². The smallest absolute Gasteiger partial charge is 0.317 e. The van der Waals surface area contributed by atoms with Gasteiger partial charge in [0.2, 0.25) is 0 Å². The van der Waals surface area contributed by atoms with E-state index in [1.165, 1.54) is 0 Å². The monoisotopic (exact) mass is 326 g/mol. The minimum Gasteiger partial charge on any atom is -0.481 e. The van der Waals surface area contributed by atoms with Crippen LogP contribution in [0.1, 0.15) is 24.5 Å². The van der Waals surface area contributed by atoms with E-state index in [1.807, 2.05) is 12.1 Å². The average molecular weight is 327 g/mol. The number of nitrogens with zero attached hydrogens (tertiary/aromatic N) is 1. The second kappa shape index (κ2) is 8.00. The standard InChI is InChI=1S/C15H19ClN2O4/c16-12-5-3-11(4-6-12)13-10-18(8-9-22-13)15(21)17-7-1-2-14(19)20/h3-6,13H,1-2,7-10H2,(H,17,21)(H,19,20)/t13-/m0/s1. The van der Waals surface area contributed by atoms with Gasteiger partial charge in [-0.25, -0.2) is 4.79 Å². The first-order valence-corrected chi connectivity index (χ1v) is 7.55. The van der Waals surface area contributed by atoms with Crippen molar-refractivity contribution < 1.29 is 19.4 Å². The number of amides is 2. The lowest BCUT2D eigenvalue weighted by molar-refractivity contribution is -0.137. The molecule has 1 heterocycles. The minimum absolute atomic E-state index is 0.0524. The topological polar surface area (TPSA) is 78.9 Å².